The Hall–Kier alpha value is -2.63. The minimum absolute atomic E-state index is 0.228. The third-order valence-corrected chi connectivity index (χ3v) is 4.29. The summed E-state index contributed by atoms with van der Waals surface area (Å²) < 4.78 is 1.90. The lowest BCUT2D eigenvalue weighted by molar-refractivity contribution is 0.0696. The van der Waals surface area contributed by atoms with Gasteiger partial charge in [-0.3, -0.25) is 9.48 Å². The number of carbonyl (C=O) groups is 2. The van der Waals surface area contributed by atoms with Gasteiger partial charge in [-0.2, -0.15) is 5.10 Å². The number of hydrogen-bond acceptors (Lipinski definition) is 3. The number of benzene rings is 1. The molecule has 0 unspecified atom stereocenters. The molecule has 1 aromatic heterocycles. The van der Waals surface area contributed by atoms with Crippen molar-refractivity contribution >= 4 is 17.6 Å². The molecule has 2 rings (SSSR count). The van der Waals surface area contributed by atoms with Crippen LogP contribution in [0.1, 0.15) is 64.7 Å². The summed E-state index contributed by atoms with van der Waals surface area (Å²) in [6, 6.07) is 5.02. The number of amides is 1. The topological polar surface area (TPSA) is 84.2 Å². The molecular formula is C18H23N3O3. The van der Waals surface area contributed by atoms with Gasteiger partial charge in [0.2, 0.25) is 0 Å². The summed E-state index contributed by atoms with van der Waals surface area (Å²) in [6.07, 6.45) is 3.49. The second-order valence-electron chi connectivity index (χ2n) is 5.85. The minimum Gasteiger partial charge on any atom is -0.478 e. The third-order valence-electron chi connectivity index (χ3n) is 4.29. The summed E-state index contributed by atoms with van der Waals surface area (Å²) in [5.41, 5.74) is 2.76. The number of carboxylic acids is 1. The normalized spacial score (nSPS) is 10.9. The smallest absolute Gasteiger partial charge is 0.335 e. The first-order chi connectivity index (χ1) is 11.4. The highest BCUT2D eigenvalue weighted by Crippen LogP contribution is 2.21. The summed E-state index contributed by atoms with van der Waals surface area (Å²) in [5.74, 6) is -1.22. The van der Waals surface area contributed by atoms with E-state index < -0.39 is 5.97 Å². The average Bonchev–Trinajstić information content (AvgIpc) is 2.90. The van der Waals surface area contributed by atoms with Gasteiger partial charge in [0.15, 0.2) is 0 Å². The van der Waals surface area contributed by atoms with Crippen LogP contribution in [-0.4, -0.2) is 26.8 Å². The van der Waals surface area contributed by atoms with Crippen molar-refractivity contribution in [3.63, 3.8) is 0 Å². The van der Waals surface area contributed by atoms with E-state index in [-0.39, 0.29) is 17.5 Å². The lowest BCUT2D eigenvalue weighted by Gasteiger charge is -2.15. The van der Waals surface area contributed by atoms with Crippen LogP contribution in [0, 0.1) is 13.8 Å². The molecule has 0 bridgehead atoms. The molecule has 0 aliphatic carbocycles. The fraction of sp³-hybridized carbons (Fsp3) is 0.389. The Morgan fingerprint density at radius 1 is 1.21 bits per heavy atom. The van der Waals surface area contributed by atoms with Gasteiger partial charge in [-0.05, 0) is 50.5 Å². The Balaban J connectivity index is 2.22. The minimum atomic E-state index is -0.979. The predicted molar refractivity (Wildman–Crippen MR) is 92.7 cm³/mol. The molecule has 2 aromatic rings. The maximum atomic E-state index is 12.5. The zero-order chi connectivity index (χ0) is 17.9. The molecule has 6 nitrogen and oxygen atoms in total. The number of carbonyl (C=O) groups excluding carboxylic acids is 1. The molecule has 1 heterocycles. The van der Waals surface area contributed by atoms with E-state index in [4.69, 9.17) is 5.11 Å². The molecule has 24 heavy (non-hydrogen) atoms. The van der Waals surface area contributed by atoms with E-state index in [1.807, 2.05) is 11.6 Å². The standard InChI is InChI=1S/C18H23N3O3/c1-5-14(6-2)21-12(4)16(10-19-21)17(22)20-13-7-8-15(18(23)24)11(3)9-13/h7-10,14H,5-6H2,1-4H3,(H,20,22)(H,23,24). The van der Waals surface area contributed by atoms with Crippen molar-refractivity contribution in [1.29, 1.82) is 0 Å². The molecule has 0 fully saturated rings. The lowest BCUT2D eigenvalue weighted by atomic mass is 10.1. The van der Waals surface area contributed by atoms with Crippen LogP contribution in [0.3, 0.4) is 0 Å². The van der Waals surface area contributed by atoms with Gasteiger partial charge in [0.25, 0.3) is 5.91 Å². The van der Waals surface area contributed by atoms with Crippen LogP contribution in [0.25, 0.3) is 0 Å². The van der Waals surface area contributed by atoms with E-state index in [1.54, 1.807) is 25.3 Å². The third kappa shape index (κ3) is 3.48. The first-order valence-electron chi connectivity index (χ1n) is 8.08. The molecule has 0 radical (unpaired) electrons. The van der Waals surface area contributed by atoms with Crippen molar-refractivity contribution in [2.45, 2.75) is 46.6 Å². The van der Waals surface area contributed by atoms with Crippen molar-refractivity contribution in [1.82, 2.24) is 9.78 Å². The summed E-state index contributed by atoms with van der Waals surface area (Å²) >= 11 is 0. The largest absolute Gasteiger partial charge is 0.478 e. The summed E-state index contributed by atoms with van der Waals surface area (Å²) in [7, 11) is 0. The number of aromatic nitrogens is 2. The number of aryl methyl sites for hydroxylation is 1. The van der Waals surface area contributed by atoms with Crippen LogP contribution in [0.2, 0.25) is 0 Å². The number of carboxylic acid groups (broad SMARTS) is 1. The number of nitrogens with one attached hydrogen (secondary N) is 1. The summed E-state index contributed by atoms with van der Waals surface area (Å²) in [5, 5.41) is 16.2. The van der Waals surface area contributed by atoms with Crippen LogP contribution in [0.4, 0.5) is 5.69 Å². The average molecular weight is 329 g/mol. The fourth-order valence-corrected chi connectivity index (χ4v) is 2.83. The van der Waals surface area contributed by atoms with Gasteiger partial charge in [0.1, 0.15) is 0 Å². The SMILES string of the molecule is CCC(CC)n1ncc(C(=O)Nc2ccc(C(=O)O)c(C)c2)c1C. The van der Waals surface area contributed by atoms with Gasteiger partial charge >= 0.3 is 5.97 Å². The first-order valence-corrected chi connectivity index (χ1v) is 8.08. The molecule has 2 N–H and O–H groups in total. The van der Waals surface area contributed by atoms with E-state index in [0.29, 0.717) is 16.8 Å². The van der Waals surface area contributed by atoms with Gasteiger partial charge in [0.05, 0.1) is 23.4 Å². The second kappa shape index (κ2) is 7.29. The van der Waals surface area contributed by atoms with E-state index in [9.17, 15) is 9.59 Å². The Bertz CT molecular complexity index is 761. The molecule has 0 atom stereocenters. The Morgan fingerprint density at radius 2 is 1.88 bits per heavy atom. The molecule has 0 aliphatic rings. The molecule has 0 saturated carbocycles. The number of nitrogens with zero attached hydrogens (tertiary/aromatic N) is 2. The predicted octanol–water partition coefficient (Wildman–Crippen LogP) is 3.81. The van der Waals surface area contributed by atoms with Crippen molar-refractivity contribution in [2.24, 2.45) is 0 Å². The maximum absolute atomic E-state index is 12.5. The van der Waals surface area contributed by atoms with Crippen molar-refractivity contribution in [2.75, 3.05) is 5.32 Å². The van der Waals surface area contributed by atoms with Crippen molar-refractivity contribution in [3.05, 3.63) is 46.8 Å². The molecule has 0 saturated heterocycles. The van der Waals surface area contributed by atoms with E-state index >= 15 is 0 Å². The molecule has 0 spiro atoms. The molecule has 1 amide bonds. The molecule has 0 aliphatic heterocycles. The van der Waals surface area contributed by atoms with Crippen molar-refractivity contribution in [3.8, 4) is 0 Å². The van der Waals surface area contributed by atoms with Gasteiger partial charge < -0.3 is 10.4 Å². The summed E-state index contributed by atoms with van der Waals surface area (Å²) in [6.45, 7) is 7.79. The van der Waals surface area contributed by atoms with Crippen LogP contribution >= 0.6 is 0 Å². The Morgan fingerprint density at radius 3 is 2.42 bits per heavy atom. The maximum Gasteiger partial charge on any atom is 0.335 e. The van der Waals surface area contributed by atoms with Crippen LogP contribution in [-0.2, 0) is 0 Å². The fourth-order valence-electron chi connectivity index (χ4n) is 2.83. The van der Waals surface area contributed by atoms with Gasteiger partial charge in [-0.15, -0.1) is 0 Å². The number of anilines is 1. The quantitative estimate of drug-likeness (QED) is 0.844. The molecule has 6 heteroatoms. The number of rotatable bonds is 6. The first kappa shape index (κ1) is 17.7. The Labute approximate surface area is 141 Å². The van der Waals surface area contributed by atoms with E-state index in [1.165, 1.54) is 6.07 Å². The molecular weight excluding hydrogens is 306 g/mol. The zero-order valence-corrected chi connectivity index (χ0v) is 14.5. The van der Waals surface area contributed by atoms with Gasteiger partial charge in [0, 0.05) is 11.4 Å². The molecule has 128 valence electrons. The highest BCUT2D eigenvalue weighted by Gasteiger charge is 2.18. The summed E-state index contributed by atoms with van der Waals surface area (Å²) in [4.78, 5) is 23.5. The second-order valence-corrected chi connectivity index (χ2v) is 5.85. The van der Waals surface area contributed by atoms with Gasteiger partial charge in [-0.1, -0.05) is 13.8 Å². The monoisotopic (exact) mass is 329 g/mol. The van der Waals surface area contributed by atoms with E-state index in [2.05, 4.69) is 24.3 Å². The lowest BCUT2D eigenvalue weighted by Crippen LogP contribution is -2.15. The zero-order valence-electron chi connectivity index (χ0n) is 14.5. The highest BCUT2D eigenvalue weighted by molar-refractivity contribution is 6.05. The van der Waals surface area contributed by atoms with Crippen molar-refractivity contribution < 1.29 is 14.7 Å². The van der Waals surface area contributed by atoms with Gasteiger partial charge in [-0.25, -0.2) is 4.79 Å². The Kier molecular flexibility index (Phi) is 5.39. The highest BCUT2D eigenvalue weighted by atomic mass is 16.4. The van der Waals surface area contributed by atoms with Crippen LogP contribution in [0.5, 0.6) is 0 Å². The number of aromatic carboxylic acids is 1. The van der Waals surface area contributed by atoms with Crippen LogP contribution in [0.15, 0.2) is 24.4 Å². The number of hydrogen-bond donors (Lipinski definition) is 2. The van der Waals surface area contributed by atoms with E-state index in [0.717, 1.165) is 18.5 Å². The van der Waals surface area contributed by atoms with Crippen LogP contribution < -0.4 is 5.32 Å². The molecule has 1 aromatic carbocycles.